The maximum absolute atomic E-state index is 12.0. The molecule has 3 aromatic rings. The van der Waals surface area contributed by atoms with Crippen LogP contribution in [0, 0.1) is 0 Å². The third-order valence-corrected chi connectivity index (χ3v) is 6.76. The summed E-state index contributed by atoms with van der Waals surface area (Å²) in [6.45, 7) is 5.56. The number of amides is 1. The Morgan fingerprint density at radius 3 is 2.90 bits per heavy atom. The Hall–Kier alpha value is -2.56. The van der Waals surface area contributed by atoms with Gasteiger partial charge in [-0.1, -0.05) is 41.9 Å². The number of nitrogens with one attached hydrogen (secondary N) is 1. The molecule has 0 saturated carbocycles. The van der Waals surface area contributed by atoms with Crippen molar-refractivity contribution in [2.75, 3.05) is 31.1 Å². The molecule has 2 aliphatic heterocycles. The Bertz CT molecular complexity index is 1130. The van der Waals surface area contributed by atoms with E-state index in [1.807, 2.05) is 23.1 Å². The molecule has 30 heavy (non-hydrogen) atoms. The Morgan fingerprint density at radius 1 is 1.23 bits per heavy atom. The van der Waals surface area contributed by atoms with Crippen LogP contribution in [0.5, 0.6) is 0 Å². The van der Waals surface area contributed by atoms with Gasteiger partial charge in [-0.3, -0.25) is 9.69 Å². The normalized spacial score (nSPS) is 19.2. The van der Waals surface area contributed by atoms with Crippen LogP contribution in [-0.4, -0.2) is 42.0 Å². The molecule has 1 N–H and O–H groups in total. The second kappa shape index (κ2) is 7.93. The fourth-order valence-corrected chi connectivity index (χ4v) is 5.07. The summed E-state index contributed by atoms with van der Waals surface area (Å²) in [5.74, 6) is 0.560. The molecule has 0 fully saturated rings. The van der Waals surface area contributed by atoms with Crippen LogP contribution < -0.4 is 4.90 Å². The third kappa shape index (κ3) is 3.55. The molecule has 2 aromatic carbocycles. The van der Waals surface area contributed by atoms with E-state index in [0.29, 0.717) is 5.92 Å². The van der Waals surface area contributed by atoms with Crippen molar-refractivity contribution in [3.8, 4) is 0 Å². The van der Waals surface area contributed by atoms with E-state index >= 15 is 0 Å². The molecule has 1 aromatic heterocycles. The van der Waals surface area contributed by atoms with Crippen molar-refractivity contribution in [3.05, 3.63) is 70.9 Å². The summed E-state index contributed by atoms with van der Waals surface area (Å²) in [6, 6.07) is 14.4. The molecule has 0 radical (unpaired) electrons. The topological polar surface area (TPSA) is 39.3 Å². The number of para-hydroxylation sites is 1. The summed E-state index contributed by atoms with van der Waals surface area (Å²) < 4.78 is 0. The van der Waals surface area contributed by atoms with Crippen LogP contribution in [0.1, 0.15) is 36.8 Å². The minimum Gasteiger partial charge on any atom is -0.361 e. The fourth-order valence-electron chi connectivity index (χ4n) is 4.90. The van der Waals surface area contributed by atoms with Gasteiger partial charge in [0.1, 0.15) is 0 Å². The number of rotatable bonds is 4. The summed E-state index contributed by atoms with van der Waals surface area (Å²) in [5, 5.41) is 2.00. The number of aromatic amines is 1. The Balaban J connectivity index is 1.24. The van der Waals surface area contributed by atoms with Crippen molar-refractivity contribution in [3.63, 3.8) is 0 Å². The van der Waals surface area contributed by atoms with E-state index in [1.165, 1.54) is 22.1 Å². The van der Waals surface area contributed by atoms with Crippen LogP contribution in [0.25, 0.3) is 16.5 Å². The van der Waals surface area contributed by atoms with Crippen molar-refractivity contribution in [1.82, 2.24) is 9.88 Å². The highest BCUT2D eigenvalue weighted by Gasteiger charge is 2.30. The van der Waals surface area contributed by atoms with Gasteiger partial charge in [0, 0.05) is 65.8 Å². The average Bonchev–Trinajstić information content (AvgIpc) is 3.34. The lowest BCUT2D eigenvalue weighted by Gasteiger charge is -2.27. The Labute approximate surface area is 182 Å². The van der Waals surface area contributed by atoms with Crippen LogP contribution in [0.3, 0.4) is 0 Å². The van der Waals surface area contributed by atoms with E-state index in [9.17, 15) is 4.79 Å². The lowest BCUT2D eigenvalue weighted by molar-refractivity contribution is -0.116. The molecule has 5 rings (SSSR count). The number of anilines is 1. The molecule has 0 spiro atoms. The number of H-pyrrole nitrogens is 1. The number of benzene rings is 2. The highest BCUT2D eigenvalue weighted by atomic mass is 35.5. The lowest BCUT2D eigenvalue weighted by atomic mass is 9.96. The van der Waals surface area contributed by atoms with Gasteiger partial charge in [0.05, 0.1) is 0 Å². The second-order valence-electron chi connectivity index (χ2n) is 8.35. The van der Waals surface area contributed by atoms with Crippen LogP contribution in [0.2, 0.25) is 5.02 Å². The second-order valence-corrected chi connectivity index (χ2v) is 8.78. The zero-order chi connectivity index (χ0) is 20.7. The maximum atomic E-state index is 12.0. The van der Waals surface area contributed by atoms with Crippen molar-refractivity contribution >= 4 is 39.7 Å². The number of aromatic nitrogens is 1. The molecule has 0 saturated heterocycles. The van der Waals surface area contributed by atoms with Crippen molar-refractivity contribution in [2.45, 2.75) is 25.7 Å². The monoisotopic (exact) mass is 419 g/mol. The van der Waals surface area contributed by atoms with Crippen LogP contribution in [-0.2, 0) is 4.79 Å². The number of hydrogen-bond acceptors (Lipinski definition) is 2. The molecular weight excluding hydrogens is 394 g/mol. The fraction of sp³-hybridized carbons (Fsp3) is 0.320. The van der Waals surface area contributed by atoms with Crippen LogP contribution in [0.15, 0.2) is 54.7 Å². The van der Waals surface area contributed by atoms with Gasteiger partial charge in [0.15, 0.2) is 0 Å². The van der Waals surface area contributed by atoms with Gasteiger partial charge in [0.25, 0.3) is 0 Å². The predicted octanol–water partition coefficient (Wildman–Crippen LogP) is 5.45. The van der Waals surface area contributed by atoms with Crippen molar-refractivity contribution < 1.29 is 4.79 Å². The van der Waals surface area contributed by atoms with Gasteiger partial charge >= 0.3 is 0 Å². The minimum atomic E-state index is 0.135. The van der Waals surface area contributed by atoms with Crippen LogP contribution in [0.4, 0.5) is 5.69 Å². The largest absolute Gasteiger partial charge is 0.361 e. The molecule has 0 aliphatic carbocycles. The van der Waals surface area contributed by atoms with Gasteiger partial charge in [-0.25, -0.2) is 0 Å². The number of carbonyl (C=O) groups is 1. The Morgan fingerprint density at radius 2 is 2.10 bits per heavy atom. The predicted molar refractivity (Wildman–Crippen MR) is 124 cm³/mol. The molecule has 1 unspecified atom stereocenters. The van der Waals surface area contributed by atoms with E-state index in [2.05, 4.69) is 46.4 Å². The Kier molecular flexibility index (Phi) is 5.13. The molecule has 3 heterocycles. The molecule has 1 atom stereocenters. The first-order chi connectivity index (χ1) is 14.6. The lowest BCUT2D eigenvalue weighted by Crippen LogP contribution is -2.31. The van der Waals surface area contributed by atoms with Gasteiger partial charge in [-0.2, -0.15) is 0 Å². The van der Waals surface area contributed by atoms with Crippen molar-refractivity contribution in [1.29, 1.82) is 0 Å². The first-order valence-corrected chi connectivity index (χ1v) is 11.0. The van der Waals surface area contributed by atoms with E-state index in [-0.39, 0.29) is 5.91 Å². The van der Waals surface area contributed by atoms with E-state index in [0.717, 1.165) is 55.2 Å². The van der Waals surface area contributed by atoms with Gasteiger partial charge in [0.2, 0.25) is 5.91 Å². The number of hydrogen-bond donors (Lipinski definition) is 1. The van der Waals surface area contributed by atoms with E-state index < -0.39 is 0 Å². The highest BCUT2D eigenvalue weighted by Crippen LogP contribution is 2.38. The van der Waals surface area contributed by atoms with E-state index in [4.69, 9.17) is 11.6 Å². The SMILES string of the molecule is CC(=O)N1CC(CCN2CC=C(c3c[nH]c4cc(Cl)ccc34)CC2)c2ccccc21. The first-order valence-electron chi connectivity index (χ1n) is 10.7. The zero-order valence-corrected chi connectivity index (χ0v) is 18.0. The highest BCUT2D eigenvalue weighted by molar-refractivity contribution is 6.31. The third-order valence-electron chi connectivity index (χ3n) is 6.53. The van der Waals surface area contributed by atoms with Crippen molar-refractivity contribution in [2.24, 2.45) is 0 Å². The molecule has 2 aliphatic rings. The maximum Gasteiger partial charge on any atom is 0.223 e. The van der Waals surface area contributed by atoms with Gasteiger partial charge in [-0.15, -0.1) is 0 Å². The molecule has 5 heteroatoms. The van der Waals surface area contributed by atoms with Crippen LogP contribution >= 0.6 is 11.6 Å². The number of nitrogens with zero attached hydrogens (tertiary/aromatic N) is 2. The first kappa shape index (κ1) is 19.4. The smallest absolute Gasteiger partial charge is 0.223 e. The quantitative estimate of drug-likeness (QED) is 0.610. The summed E-state index contributed by atoms with van der Waals surface area (Å²) in [5.41, 5.74) is 6.21. The number of carbonyl (C=O) groups excluding carboxylic acids is 1. The molecule has 154 valence electrons. The summed E-state index contributed by atoms with van der Waals surface area (Å²) in [4.78, 5) is 19.8. The minimum absolute atomic E-state index is 0.135. The van der Waals surface area contributed by atoms with E-state index in [1.54, 1.807) is 6.92 Å². The summed E-state index contributed by atoms with van der Waals surface area (Å²) >= 11 is 6.12. The molecule has 0 bridgehead atoms. The van der Waals surface area contributed by atoms with Gasteiger partial charge < -0.3 is 9.88 Å². The molecule has 1 amide bonds. The average molecular weight is 420 g/mol. The summed E-state index contributed by atoms with van der Waals surface area (Å²) in [7, 11) is 0. The number of fused-ring (bicyclic) bond motifs is 2. The van der Waals surface area contributed by atoms with Gasteiger partial charge in [-0.05, 0) is 48.7 Å². The molecule has 4 nitrogen and oxygen atoms in total. The standard InChI is InChI=1S/C25H26ClN3O/c1-17(30)29-16-19(21-4-2-3-5-25(21)29)10-13-28-11-8-18(9-12-28)23-15-27-24-14-20(26)6-7-22(23)24/h2-8,14-15,19,27H,9-13,16H2,1H3. The zero-order valence-electron chi connectivity index (χ0n) is 17.2. The number of halogens is 1. The molecular formula is C25H26ClN3O. The summed E-state index contributed by atoms with van der Waals surface area (Å²) in [6.07, 6.45) is 6.60.